The molecule has 3 atom stereocenters. The fourth-order valence-electron chi connectivity index (χ4n) is 4.75. The number of nitrogens with zero attached hydrogens (tertiary/aromatic N) is 1. The summed E-state index contributed by atoms with van der Waals surface area (Å²) in [5, 5.41) is 15.5. The summed E-state index contributed by atoms with van der Waals surface area (Å²) in [5.41, 5.74) is 1.72. The molecule has 0 radical (unpaired) electrons. The number of halogens is 3. The molecule has 0 aliphatic heterocycles. The maximum absolute atomic E-state index is 15.0. The average molecular weight is 621 g/mol. The lowest BCUT2D eigenvalue weighted by Crippen LogP contribution is -2.44. The van der Waals surface area contributed by atoms with Crippen LogP contribution in [0.15, 0.2) is 60.9 Å². The molecule has 8 nitrogen and oxygen atoms in total. The Kier molecular flexibility index (Phi) is 11.0. The molecule has 1 amide bonds. The van der Waals surface area contributed by atoms with E-state index >= 15 is 4.39 Å². The molecule has 0 bridgehead atoms. The number of nitrogens with one attached hydrogen (secondary N) is 3. The Bertz CT molecular complexity index is 1470. The van der Waals surface area contributed by atoms with Gasteiger partial charge in [0, 0.05) is 42.1 Å². The number of aliphatic hydroxyl groups excluding tert-OH is 1. The van der Waals surface area contributed by atoms with Crippen molar-refractivity contribution in [2.75, 3.05) is 18.4 Å². The lowest BCUT2D eigenvalue weighted by molar-refractivity contribution is -0.116. The zero-order valence-corrected chi connectivity index (χ0v) is 24.8. The molecule has 1 fully saturated rings. The van der Waals surface area contributed by atoms with Crippen molar-refractivity contribution >= 4 is 33.2 Å². The Morgan fingerprint density at radius 2 is 1.83 bits per heavy atom. The number of pyridine rings is 1. The van der Waals surface area contributed by atoms with Crippen molar-refractivity contribution in [3.63, 3.8) is 0 Å². The third-order valence-corrected chi connectivity index (χ3v) is 9.32. The first-order valence-electron chi connectivity index (χ1n) is 13.8. The monoisotopic (exact) mass is 620 g/mol. The highest BCUT2D eigenvalue weighted by Gasteiger charge is 2.37. The van der Waals surface area contributed by atoms with E-state index in [9.17, 15) is 22.7 Å². The standard InChI is InChI=1S/C30H35ClF2N4O4S/c1-19(38)15-34-16-24(37-42(40,41)25-10-11-25)9-12-26-28(33)17-35-18-29(26)36-30(39)14-27(20-5-7-22(31)8-6-20)21-3-2-4-23(32)13-21/h2-8,13,17-19,24-25,27,34,37-38H,9-12,14-16H2,1H3,(H,36,39)/t19?,24-,27-/m0/s1. The summed E-state index contributed by atoms with van der Waals surface area (Å²) < 4.78 is 57.0. The van der Waals surface area contributed by atoms with Crippen LogP contribution >= 0.6 is 11.6 Å². The van der Waals surface area contributed by atoms with Gasteiger partial charge < -0.3 is 15.7 Å². The maximum Gasteiger partial charge on any atom is 0.225 e. The molecular weight excluding hydrogens is 586 g/mol. The van der Waals surface area contributed by atoms with E-state index in [1.54, 1.807) is 43.3 Å². The van der Waals surface area contributed by atoms with E-state index in [-0.39, 0.29) is 43.6 Å². The second-order valence-electron chi connectivity index (χ2n) is 10.7. The molecule has 226 valence electrons. The lowest BCUT2D eigenvalue weighted by Gasteiger charge is -2.21. The molecule has 1 heterocycles. The highest BCUT2D eigenvalue weighted by atomic mass is 35.5. The Hall–Kier alpha value is -2.96. The van der Waals surface area contributed by atoms with E-state index in [2.05, 4.69) is 20.3 Å². The number of amides is 1. The van der Waals surface area contributed by atoms with Crippen LogP contribution in [-0.2, 0) is 21.2 Å². The number of sulfonamides is 1. The van der Waals surface area contributed by atoms with Crippen molar-refractivity contribution < 1.29 is 27.1 Å². The third kappa shape index (κ3) is 9.27. The molecule has 3 aromatic rings. The number of aliphatic hydroxyl groups is 1. The molecule has 42 heavy (non-hydrogen) atoms. The van der Waals surface area contributed by atoms with E-state index in [0.717, 1.165) is 11.8 Å². The molecule has 2 aromatic carbocycles. The van der Waals surface area contributed by atoms with Crippen molar-refractivity contribution in [3.05, 3.63) is 94.3 Å². The summed E-state index contributed by atoms with van der Waals surface area (Å²) >= 11 is 6.05. The predicted octanol–water partition coefficient (Wildman–Crippen LogP) is 4.53. The topological polar surface area (TPSA) is 120 Å². The van der Waals surface area contributed by atoms with Gasteiger partial charge in [-0.3, -0.25) is 9.78 Å². The molecule has 1 unspecified atom stereocenters. The predicted molar refractivity (Wildman–Crippen MR) is 159 cm³/mol. The van der Waals surface area contributed by atoms with Gasteiger partial charge in [0.25, 0.3) is 0 Å². The van der Waals surface area contributed by atoms with E-state index < -0.39 is 50.9 Å². The zero-order chi connectivity index (χ0) is 30.3. The smallest absolute Gasteiger partial charge is 0.225 e. The summed E-state index contributed by atoms with van der Waals surface area (Å²) in [6.07, 6.45) is 3.27. The molecule has 12 heteroatoms. The lowest BCUT2D eigenvalue weighted by atomic mass is 9.88. The van der Waals surface area contributed by atoms with Crippen LogP contribution in [0.3, 0.4) is 0 Å². The van der Waals surface area contributed by atoms with Gasteiger partial charge in [0.1, 0.15) is 11.6 Å². The fourth-order valence-corrected chi connectivity index (χ4v) is 6.49. The van der Waals surface area contributed by atoms with Gasteiger partial charge in [0.05, 0.1) is 29.4 Å². The van der Waals surface area contributed by atoms with Gasteiger partial charge in [-0.05, 0) is 68.0 Å². The highest BCUT2D eigenvalue weighted by molar-refractivity contribution is 7.90. The summed E-state index contributed by atoms with van der Waals surface area (Å²) in [6, 6.07) is 12.4. The van der Waals surface area contributed by atoms with Crippen LogP contribution in [0.4, 0.5) is 14.5 Å². The Morgan fingerprint density at radius 1 is 1.10 bits per heavy atom. The van der Waals surface area contributed by atoms with Gasteiger partial charge in [-0.1, -0.05) is 35.9 Å². The normalized spacial score (nSPS) is 15.6. The van der Waals surface area contributed by atoms with Crippen molar-refractivity contribution in [1.29, 1.82) is 0 Å². The van der Waals surface area contributed by atoms with E-state index in [1.807, 2.05) is 0 Å². The summed E-state index contributed by atoms with van der Waals surface area (Å²) in [7, 11) is -3.52. The van der Waals surface area contributed by atoms with Crippen LogP contribution in [0.5, 0.6) is 0 Å². The Labute approximate surface area is 250 Å². The summed E-state index contributed by atoms with van der Waals surface area (Å²) in [5.74, 6) is -1.99. The number of carbonyl (C=O) groups is 1. The minimum absolute atomic E-state index is 0.0614. The minimum atomic E-state index is -3.52. The molecule has 0 saturated heterocycles. The van der Waals surface area contributed by atoms with Gasteiger partial charge >= 0.3 is 0 Å². The van der Waals surface area contributed by atoms with Crippen molar-refractivity contribution in [2.45, 2.75) is 62.3 Å². The molecule has 1 aliphatic carbocycles. The largest absolute Gasteiger partial charge is 0.392 e. The quantitative estimate of drug-likeness (QED) is 0.198. The molecular formula is C30H35ClF2N4O4S. The highest BCUT2D eigenvalue weighted by Crippen LogP contribution is 2.31. The van der Waals surface area contributed by atoms with E-state index in [0.29, 0.717) is 23.4 Å². The molecule has 1 saturated carbocycles. The molecule has 4 rings (SSSR count). The zero-order valence-electron chi connectivity index (χ0n) is 23.2. The number of benzene rings is 2. The maximum atomic E-state index is 15.0. The number of carbonyl (C=O) groups excluding carboxylic acids is 1. The van der Waals surface area contributed by atoms with Crippen LogP contribution in [0.1, 0.15) is 55.2 Å². The molecule has 1 aliphatic rings. The van der Waals surface area contributed by atoms with Gasteiger partial charge in [0.15, 0.2) is 0 Å². The van der Waals surface area contributed by atoms with Gasteiger partial charge in [0.2, 0.25) is 15.9 Å². The van der Waals surface area contributed by atoms with Crippen LogP contribution < -0.4 is 15.4 Å². The van der Waals surface area contributed by atoms with Crippen molar-refractivity contribution in [3.8, 4) is 0 Å². The molecule has 1 aromatic heterocycles. The molecule has 0 spiro atoms. The first kappa shape index (κ1) is 32.0. The number of hydrogen-bond donors (Lipinski definition) is 4. The first-order chi connectivity index (χ1) is 20.0. The number of rotatable bonds is 15. The SMILES string of the molecule is CC(O)CNC[C@H](CCc1c(F)cncc1NC(=O)C[C@@H](c1ccc(Cl)cc1)c1cccc(F)c1)NS(=O)(=O)C1CC1. The third-order valence-electron chi connectivity index (χ3n) is 7.06. The van der Waals surface area contributed by atoms with Gasteiger partial charge in [-0.2, -0.15) is 0 Å². The van der Waals surface area contributed by atoms with Crippen molar-refractivity contribution in [2.24, 2.45) is 0 Å². The van der Waals surface area contributed by atoms with E-state index in [4.69, 9.17) is 11.6 Å². The Balaban J connectivity index is 1.49. The number of aromatic nitrogens is 1. The van der Waals surface area contributed by atoms with Crippen LogP contribution in [0.25, 0.3) is 0 Å². The minimum Gasteiger partial charge on any atom is -0.392 e. The summed E-state index contributed by atoms with van der Waals surface area (Å²) in [6.45, 7) is 2.12. The van der Waals surface area contributed by atoms with Gasteiger partial charge in [-0.25, -0.2) is 21.9 Å². The van der Waals surface area contributed by atoms with E-state index in [1.165, 1.54) is 18.3 Å². The first-order valence-corrected chi connectivity index (χ1v) is 15.8. The second kappa shape index (κ2) is 14.5. The fraction of sp³-hybridized carbons (Fsp3) is 0.400. The number of hydrogen-bond acceptors (Lipinski definition) is 6. The average Bonchev–Trinajstić information content (AvgIpc) is 3.78. The van der Waals surface area contributed by atoms with Crippen LogP contribution in [0.2, 0.25) is 5.02 Å². The second-order valence-corrected chi connectivity index (χ2v) is 13.1. The number of anilines is 1. The van der Waals surface area contributed by atoms with Crippen LogP contribution in [-0.4, -0.2) is 54.9 Å². The molecule has 4 N–H and O–H groups in total. The van der Waals surface area contributed by atoms with Crippen molar-refractivity contribution in [1.82, 2.24) is 15.0 Å². The van der Waals surface area contributed by atoms with Crippen LogP contribution in [0, 0.1) is 11.6 Å². The van der Waals surface area contributed by atoms with Gasteiger partial charge in [-0.15, -0.1) is 0 Å². The summed E-state index contributed by atoms with van der Waals surface area (Å²) in [4.78, 5) is 17.2. The Morgan fingerprint density at radius 3 is 2.50 bits per heavy atom.